The minimum absolute atomic E-state index is 0.123. The van der Waals surface area contributed by atoms with Crippen LogP contribution in [0.4, 0.5) is 0 Å². The molecule has 0 aromatic heterocycles. The Labute approximate surface area is 230 Å². The SMILES string of the molecule is C/C=C/Oc1cc(COC2CN(C(C)(C)CCC(C(=O)O)(c3ccccc3)c3ccccc3)C2)ccc1Cl. The lowest BCUT2D eigenvalue weighted by Gasteiger charge is -2.50. The van der Waals surface area contributed by atoms with E-state index in [2.05, 4.69) is 18.7 Å². The van der Waals surface area contributed by atoms with Crippen LogP contribution < -0.4 is 4.74 Å². The minimum atomic E-state index is -1.11. The predicted octanol–water partition coefficient (Wildman–Crippen LogP) is 7.08. The summed E-state index contributed by atoms with van der Waals surface area (Å²) in [5.41, 5.74) is 1.32. The molecule has 0 amide bonds. The van der Waals surface area contributed by atoms with Crippen molar-refractivity contribution in [3.8, 4) is 5.75 Å². The fourth-order valence-electron chi connectivity index (χ4n) is 5.03. The van der Waals surface area contributed by atoms with Gasteiger partial charge in [0.25, 0.3) is 0 Å². The van der Waals surface area contributed by atoms with Gasteiger partial charge in [0.15, 0.2) is 0 Å². The quantitative estimate of drug-likeness (QED) is 0.252. The zero-order chi connectivity index (χ0) is 27.2. The Hall–Kier alpha value is -3.12. The Morgan fingerprint density at radius 1 is 1.00 bits per heavy atom. The fourth-order valence-corrected chi connectivity index (χ4v) is 5.19. The lowest BCUT2D eigenvalue weighted by molar-refractivity contribution is -0.143. The van der Waals surface area contributed by atoms with Crippen molar-refractivity contribution in [2.45, 2.75) is 57.3 Å². The van der Waals surface area contributed by atoms with Crippen LogP contribution in [-0.4, -0.2) is 40.7 Å². The Kier molecular flexibility index (Phi) is 8.93. The van der Waals surface area contributed by atoms with Crippen molar-refractivity contribution in [2.75, 3.05) is 13.1 Å². The standard InChI is InChI=1S/C32H36ClNO4/c1-4-19-37-29-20-24(15-16-28(29)33)23-38-27-21-34(22-27)31(2,3)17-18-32(30(35)36,25-11-7-5-8-12-25)26-13-9-6-10-14-26/h4-16,19-20,27H,17-18,21-23H2,1-3H3,(H,35,36)/b19-4+. The van der Waals surface area contributed by atoms with Gasteiger partial charge in [-0.1, -0.05) is 84.4 Å². The maximum Gasteiger partial charge on any atom is 0.318 e. The molecule has 4 rings (SSSR count). The van der Waals surface area contributed by atoms with Crippen LogP contribution >= 0.6 is 11.6 Å². The summed E-state index contributed by atoms with van der Waals surface area (Å²) >= 11 is 6.22. The summed E-state index contributed by atoms with van der Waals surface area (Å²) in [6.45, 7) is 8.35. The van der Waals surface area contributed by atoms with E-state index in [1.165, 1.54) is 0 Å². The summed E-state index contributed by atoms with van der Waals surface area (Å²) in [7, 11) is 0. The van der Waals surface area contributed by atoms with Crippen molar-refractivity contribution in [3.05, 3.63) is 113 Å². The summed E-state index contributed by atoms with van der Waals surface area (Å²) in [5, 5.41) is 11.1. The average molecular weight is 534 g/mol. The van der Waals surface area contributed by atoms with Crippen molar-refractivity contribution in [2.24, 2.45) is 0 Å². The van der Waals surface area contributed by atoms with Gasteiger partial charge in [-0.25, -0.2) is 0 Å². The maximum atomic E-state index is 12.9. The van der Waals surface area contributed by atoms with Gasteiger partial charge in [0.05, 0.1) is 24.0 Å². The molecule has 3 aromatic rings. The number of nitrogens with zero attached hydrogens (tertiary/aromatic N) is 1. The third kappa shape index (κ3) is 6.12. The fraction of sp³-hybridized carbons (Fsp3) is 0.344. The number of allylic oxidation sites excluding steroid dienone is 1. The van der Waals surface area contributed by atoms with E-state index >= 15 is 0 Å². The molecule has 0 unspecified atom stereocenters. The van der Waals surface area contributed by atoms with Gasteiger partial charge >= 0.3 is 5.97 Å². The van der Waals surface area contributed by atoms with Crippen LogP contribution in [0.2, 0.25) is 5.02 Å². The summed E-state index contributed by atoms with van der Waals surface area (Å²) in [6, 6.07) is 24.9. The van der Waals surface area contributed by atoms with Crippen LogP contribution in [0.3, 0.4) is 0 Å². The Morgan fingerprint density at radius 3 is 2.16 bits per heavy atom. The van der Waals surface area contributed by atoms with Crippen molar-refractivity contribution in [1.29, 1.82) is 0 Å². The summed E-state index contributed by atoms with van der Waals surface area (Å²) < 4.78 is 11.7. The molecule has 0 aliphatic carbocycles. The number of aliphatic carboxylic acids is 1. The van der Waals surface area contributed by atoms with Crippen molar-refractivity contribution in [3.63, 3.8) is 0 Å². The zero-order valence-corrected chi connectivity index (χ0v) is 23.0. The third-order valence-corrected chi connectivity index (χ3v) is 7.84. The number of benzene rings is 3. The number of carbonyl (C=O) groups is 1. The van der Waals surface area contributed by atoms with E-state index in [1.807, 2.05) is 91.9 Å². The molecule has 1 heterocycles. The van der Waals surface area contributed by atoms with Gasteiger partial charge in [0, 0.05) is 18.6 Å². The van der Waals surface area contributed by atoms with E-state index in [0.717, 1.165) is 36.2 Å². The number of likely N-dealkylation sites (tertiary alicyclic amines) is 1. The lowest BCUT2D eigenvalue weighted by Crippen LogP contribution is -2.61. The number of rotatable bonds is 12. The molecule has 0 radical (unpaired) electrons. The number of ether oxygens (including phenoxy) is 2. The molecule has 38 heavy (non-hydrogen) atoms. The molecule has 5 nitrogen and oxygen atoms in total. The Bertz CT molecular complexity index is 1200. The van der Waals surface area contributed by atoms with Crippen molar-refractivity contribution >= 4 is 17.6 Å². The molecule has 0 bridgehead atoms. The summed E-state index contributed by atoms with van der Waals surface area (Å²) in [6.07, 6.45) is 4.75. The Morgan fingerprint density at radius 2 is 1.61 bits per heavy atom. The number of hydrogen-bond acceptors (Lipinski definition) is 4. The third-order valence-electron chi connectivity index (χ3n) is 7.53. The van der Waals surface area contributed by atoms with E-state index in [4.69, 9.17) is 21.1 Å². The van der Waals surface area contributed by atoms with Gasteiger partial charge in [-0.15, -0.1) is 0 Å². The van der Waals surface area contributed by atoms with Gasteiger partial charge in [0.2, 0.25) is 0 Å². The molecular weight excluding hydrogens is 498 g/mol. The first-order chi connectivity index (χ1) is 18.3. The smallest absolute Gasteiger partial charge is 0.318 e. The van der Waals surface area contributed by atoms with Crippen LogP contribution in [0, 0.1) is 0 Å². The highest BCUT2D eigenvalue weighted by Gasteiger charge is 2.45. The van der Waals surface area contributed by atoms with Gasteiger partial charge in [-0.3, -0.25) is 9.69 Å². The van der Waals surface area contributed by atoms with Gasteiger partial charge in [-0.2, -0.15) is 0 Å². The van der Waals surface area contributed by atoms with Crippen LogP contribution in [-0.2, 0) is 21.6 Å². The molecule has 6 heteroatoms. The topological polar surface area (TPSA) is 59.0 Å². The predicted molar refractivity (Wildman–Crippen MR) is 152 cm³/mol. The zero-order valence-electron chi connectivity index (χ0n) is 22.3. The van der Waals surface area contributed by atoms with Crippen LogP contribution in [0.25, 0.3) is 0 Å². The summed E-state index contributed by atoms with van der Waals surface area (Å²) in [4.78, 5) is 15.3. The van der Waals surface area contributed by atoms with E-state index in [-0.39, 0.29) is 11.6 Å². The molecule has 1 aliphatic heterocycles. The minimum Gasteiger partial charge on any atom is -0.480 e. The maximum absolute atomic E-state index is 12.9. The highest BCUT2D eigenvalue weighted by Crippen LogP contribution is 2.40. The van der Waals surface area contributed by atoms with Gasteiger partial charge in [-0.05, 0) is 62.4 Å². The van der Waals surface area contributed by atoms with Gasteiger partial charge < -0.3 is 14.6 Å². The van der Waals surface area contributed by atoms with E-state index in [0.29, 0.717) is 23.8 Å². The van der Waals surface area contributed by atoms with E-state index < -0.39 is 11.4 Å². The molecule has 1 fully saturated rings. The molecule has 200 valence electrons. The van der Waals surface area contributed by atoms with Crippen molar-refractivity contribution in [1.82, 2.24) is 4.90 Å². The number of halogens is 1. The van der Waals surface area contributed by atoms with Gasteiger partial charge in [0.1, 0.15) is 11.2 Å². The van der Waals surface area contributed by atoms with E-state index in [9.17, 15) is 9.90 Å². The van der Waals surface area contributed by atoms with Crippen LogP contribution in [0.15, 0.2) is 91.2 Å². The van der Waals surface area contributed by atoms with Crippen molar-refractivity contribution < 1.29 is 19.4 Å². The normalized spacial score (nSPS) is 14.9. The first kappa shape index (κ1) is 27.9. The first-order valence-corrected chi connectivity index (χ1v) is 13.4. The molecule has 1 saturated heterocycles. The summed E-state index contributed by atoms with van der Waals surface area (Å²) in [5.74, 6) is -0.211. The lowest BCUT2D eigenvalue weighted by atomic mass is 9.69. The number of hydrogen-bond donors (Lipinski definition) is 1. The number of carboxylic acid groups (broad SMARTS) is 1. The second-order valence-electron chi connectivity index (χ2n) is 10.4. The van der Waals surface area contributed by atoms with Crippen LogP contribution in [0.5, 0.6) is 5.75 Å². The molecule has 1 N–H and O–H groups in total. The van der Waals surface area contributed by atoms with Crippen LogP contribution in [0.1, 0.15) is 50.3 Å². The largest absolute Gasteiger partial charge is 0.480 e. The first-order valence-electron chi connectivity index (χ1n) is 13.0. The second kappa shape index (κ2) is 12.2. The molecule has 0 saturated carbocycles. The molecule has 0 atom stereocenters. The molecular formula is C32H36ClNO4. The highest BCUT2D eigenvalue weighted by atomic mass is 35.5. The second-order valence-corrected chi connectivity index (χ2v) is 10.9. The molecule has 0 spiro atoms. The molecule has 3 aromatic carbocycles. The highest BCUT2D eigenvalue weighted by molar-refractivity contribution is 6.32. The monoisotopic (exact) mass is 533 g/mol. The number of carboxylic acids is 1. The average Bonchev–Trinajstić information content (AvgIpc) is 2.89. The van der Waals surface area contributed by atoms with E-state index in [1.54, 1.807) is 6.26 Å². The Balaban J connectivity index is 1.39. The molecule has 1 aliphatic rings.